The van der Waals surface area contributed by atoms with E-state index in [1.54, 1.807) is 6.20 Å². The van der Waals surface area contributed by atoms with Gasteiger partial charge in [-0.15, -0.1) is 0 Å². The first kappa shape index (κ1) is 21.9. The van der Waals surface area contributed by atoms with Crippen LogP contribution in [0.3, 0.4) is 0 Å². The molecule has 0 amide bonds. The summed E-state index contributed by atoms with van der Waals surface area (Å²) >= 11 is 4.50. The lowest BCUT2D eigenvalue weighted by Crippen LogP contribution is -2.41. The van der Waals surface area contributed by atoms with E-state index in [-0.39, 0.29) is 22.4 Å². The van der Waals surface area contributed by atoms with Crippen LogP contribution >= 0.6 is 12.6 Å². The monoisotopic (exact) mass is 403 g/mol. The zero-order valence-corrected chi connectivity index (χ0v) is 19.1. The van der Waals surface area contributed by atoms with Gasteiger partial charge in [-0.05, 0) is 66.4 Å². The molecule has 0 aromatic carbocycles. The molecule has 0 bridgehead atoms. The summed E-state index contributed by atoms with van der Waals surface area (Å²) in [6.45, 7) is 16.4. The quantitative estimate of drug-likeness (QED) is 0.618. The van der Waals surface area contributed by atoms with Crippen molar-refractivity contribution in [3.8, 4) is 0 Å². The van der Waals surface area contributed by atoms with Crippen molar-refractivity contribution in [2.75, 3.05) is 5.75 Å². The maximum absolute atomic E-state index is 6.16. The van der Waals surface area contributed by atoms with Gasteiger partial charge in [0.2, 0.25) is 0 Å². The van der Waals surface area contributed by atoms with Crippen molar-refractivity contribution in [1.82, 2.24) is 4.98 Å². The first-order valence-electron chi connectivity index (χ1n) is 9.75. The first-order chi connectivity index (χ1) is 12.8. The molecule has 2 saturated heterocycles. The van der Waals surface area contributed by atoms with E-state index < -0.39 is 14.2 Å². The summed E-state index contributed by atoms with van der Waals surface area (Å²) < 4.78 is 24.6. The molecule has 8 heteroatoms. The summed E-state index contributed by atoms with van der Waals surface area (Å²) in [7, 11) is -0.870. The molecule has 2 fully saturated rings. The van der Waals surface area contributed by atoms with Gasteiger partial charge in [-0.1, -0.05) is 12.1 Å². The van der Waals surface area contributed by atoms with Crippen LogP contribution < -0.4 is 5.46 Å². The van der Waals surface area contributed by atoms with Gasteiger partial charge in [-0.3, -0.25) is 4.98 Å². The van der Waals surface area contributed by atoms with Gasteiger partial charge in [-0.25, -0.2) is 0 Å². The maximum Gasteiger partial charge on any atom is 0.496 e. The first-order valence-corrected chi connectivity index (χ1v) is 10.4. The van der Waals surface area contributed by atoms with Crippen LogP contribution in [0, 0.1) is 0 Å². The maximum atomic E-state index is 6.16. The van der Waals surface area contributed by atoms with Crippen molar-refractivity contribution < 1.29 is 18.6 Å². The number of nitrogens with zero attached hydrogens (tertiary/aromatic N) is 1. The van der Waals surface area contributed by atoms with Gasteiger partial charge >= 0.3 is 14.2 Å². The zero-order chi connectivity index (χ0) is 21.0. The van der Waals surface area contributed by atoms with Crippen LogP contribution in [0.4, 0.5) is 0 Å². The molecule has 0 aliphatic carbocycles. The van der Waals surface area contributed by atoms with Crippen LogP contribution in [0.25, 0.3) is 6.08 Å². The van der Waals surface area contributed by atoms with E-state index in [1.165, 1.54) is 0 Å². The number of hydrogen-bond donors (Lipinski definition) is 1. The SMILES string of the molecule is CC1(C)OB(C(=Cc2cncc(B3OC(C)(C)C(C)(C)O3)c2)CS)OC1(C)C. The Bertz CT molecular complexity index is 747. The predicted molar refractivity (Wildman–Crippen MR) is 118 cm³/mol. The molecule has 152 valence electrons. The summed E-state index contributed by atoms with van der Waals surface area (Å²) in [4.78, 5) is 4.38. The van der Waals surface area contributed by atoms with Crippen molar-refractivity contribution in [2.24, 2.45) is 0 Å². The highest BCUT2D eigenvalue weighted by Crippen LogP contribution is 2.39. The molecule has 3 heterocycles. The highest BCUT2D eigenvalue weighted by Gasteiger charge is 2.53. The van der Waals surface area contributed by atoms with Crippen molar-refractivity contribution in [3.05, 3.63) is 29.5 Å². The fourth-order valence-electron chi connectivity index (χ4n) is 3.06. The highest BCUT2D eigenvalue weighted by molar-refractivity contribution is 7.80. The molecule has 0 unspecified atom stereocenters. The van der Waals surface area contributed by atoms with E-state index in [9.17, 15) is 0 Å². The lowest BCUT2D eigenvalue weighted by Gasteiger charge is -2.32. The Hall–Kier alpha value is -0.790. The number of hydrogen-bond acceptors (Lipinski definition) is 6. The van der Waals surface area contributed by atoms with Gasteiger partial charge in [0.1, 0.15) is 0 Å². The number of rotatable bonds is 4. The molecule has 0 radical (unpaired) electrons. The van der Waals surface area contributed by atoms with Gasteiger partial charge in [0, 0.05) is 23.6 Å². The summed E-state index contributed by atoms with van der Waals surface area (Å²) in [6, 6.07) is 2.03. The van der Waals surface area contributed by atoms with Gasteiger partial charge < -0.3 is 18.6 Å². The largest absolute Gasteiger partial charge is 0.496 e. The van der Waals surface area contributed by atoms with Gasteiger partial charge in [0.25, 0.3) is 0 Å². The third kappa shape index (κ3) is 3.94. The van der Waals surface area contributed by atoms with Crippen LogP contribution in [-0.4, -0.2) is 47.4 Å². The molecule has 0 saturated carbocycles. The molecule has 2 aliphatic rings. The molecule has 0 N–H and O–H groups in total. The average Bonchev–Trinajstić information content (AvgIpc) is 2.92. The Morgan fingerprint density at radius 1 is 0.893 bits per heavy atom. The second kappa shape index (κ2) is 7.17. The van der Waals surface area contributed by atoms with Crippen LogP contribution in [0.1, 0.15) is 61.0 Å². The Labute approximate surface area is 175 Å². The Balaban J connectivity index is 1.84. The van der Waals surface area contributed by atoms with Gasteiger partial charge in [0.15, 0.2) is 0 Å². The highest BCUT2D eigenvalue weighted by atomic mass is 32.1. The molecular formula is C20H31B2NO4S. The number of aromatic nitrogens is 1. The average molecular weight is 403 g/mol. The standard InChI is InChI=1S/C20H31B2NO4S/c1-17(2)18(3,4)25-21(24-17)15-9-14(11-23-12-15)10-16(13-28)22-26-19(5,6)20(7,8)27-22/h9-12,28H,13H2,1-8H3. The molecule has 28 heavy (non-hydrogen) atoms. The van der Waals surface area contributed by atoms with Crippen molar-refractivity contribution in [2.45, 2.75) is 77.8 Å². The third-order valence-electron chi connectivity index (χ3n) is 6.40. The lowest BCUT2D eigenvalue weighted by molar-refractivity contribution is 0.00578. The third-order valence-corrected chi connectivity index (χ3v) is 6.76. The van der Waals surface area contributed by atoms with E-state index in [0.717, 1.165) is 16.5 Å². The van der Waals surface area contributed by atoms with E-state index in [1.807, 2.05) is 73.7 Å². The second-order valence-electron chi connectivity index (χ2n) is 9.61. The molecule has 1 aromatic rings. The van der Waals surface area contributed by atoms with Crippen LogP contribution in [0.15, 0.2) is 23.9 Å². The lowest BCUT2D eigenvalue weighted by atomic mass is 9.77. The summed E-state index contributed by atoms with van der Waals surface area (Å²) in [5.74, 6) is 0.525. The molecule has 1 aromatic heterocycles. The minimum atomic E-state index is -0.442. The molecule has 0 atom stereocenters. The van der Waals surface area contributed by atoms with Crippen LogP contribution in [0.5, 0.6) is 0 Å². The van der Waals surface area contributed by atoms with Gasteiger partial charge in [0.05, 0.1) is 22.4 Å². The van der Waals surface area contributed by atoms with Crippen molar-refractivity contribution >= 4 is 38.4 Å². The van der Waals surface area contributed by atoms with Crippen molar-refractivity contribution in [1.29, 1.82) is 0 Å². The zero-order valence-electron chi connectivity index (χ0n) is 18.2. The molecule has 5 nitrogen and oxygen atoms in total. The fourth-order valence-corrected chi connectivity index (χ4v) is 3.30. The smallest absolute Gasteiger partial charge is 0.400 e. The minimum Gasteiger partial charge on any atom is -0.400 e. The summed E-state index contributed by atoms with van der Waals surface area (Å²) in [6.07, 6.45) is 5.62. The molecular weight excluding hydrogens is 372 g/mol. The summed E-state index contributed by atoms with van der Waals surface area (Å²) in [5.41, 5.74) is 1.23. The molecule has 3 rings (SSSR count). The normalized spacial score (nSPS) is 25.4. The second-order valence-corrected chi connectivity index (χ2v) is 9.92. The van der Waals surface area contributed by atoms with E-state index in [0.29, 0.717) is 5.75 Å². The Morgan fingerprint density at radius 3 is 1.89 bits per heavy atom. The van der Waals surface area contributed by atoms with E-state index >= 15 is 0 Å². The minimum absolute atomic E-state index is 0.386. The van der Waals surface area contributed by atoms with Crippen LogP contribution in [-0.2, 0) is 18.6 Å². The van der Waals surface area contributed by atoms with Gasteiger partial charge in [-0.2, -0.15) is 12.6 Å². The molecule has 2 aliphatic heterocycles. The predicted octanol–water partition coefficient (Wildman–Crippen LogP) is 3.33. The van der Waals surface area contributed by atoms with E-state index in [4.69, 9.17) is 18.6 Å². The number of thiol groups is 1. The fraction of sp³-hybridized carbons (Fsp3) is 0.650. The Kier molecular flexibility index (Phi) is 5.61. The Morgan fingerprint density at radius 2 is 1.39 bits per heavy atom. The topological polar surface area (TPSA) is 49.8 Å². The summed E-state index contributed by atoms with van der Waals surface area (Å²) in [5, 5.41) is 0. The molecule has 0 spiro atoms. The number of pyridine rings is 1. The van der Waals surface area contributed by atoms with Crippen LogP contribution in [0.2, 0.25) is 0 Å². The van der Waals surface area contributed by atoms with E-state index in [2.05, 4.69) is 17.6 Å². The van der Waals surface area contributed by atoms with Crippen molar-refractivity contribution in [3.63, 3.8) is 0 Å².